The van der Waals surface area contributed by atoms with Crippen LogP contribution in [0.5, 0.6) is 0 Å². The van der Waals surface area contributed by atoms with Crippen molar-refractivity contribution in [3.8, 4) is 28.9 Å². The molecule has 1 aromatic carbocycles. The summed E-state index contributed by atoms with van der Waals surface area (Å²) in [6, 6.07) is 10.0. The second kappa shape index (κ2) is 5.21. The van der Waals surface area contributed by atoms with Gasteiger partial charge in [0.1, 0.15) is 11.8 Å². The highest BCUT2D eigenvalue weighted by molar-refractivity contribution is 5.63. The topological polar surface area (TPSA) is 91.4 Å². The van der Waals surface area contributed by atoms with Crippen LogP contribution in [0.4, 0.5) is 0 Å². The van der Waals surface area contributed by atoms with E-state index in [0.29, 0.717) is 23.0 Å². The van der Waals surface area contributed by atoms with Gasteiger partial charge in [-0.1, -0.05) is 43.3 Å². The summed E-state index contributed by atoms with van der Waals surface area (Å²) in [6.07, 6.45) is 1.50. The minimum absolute atomic E-state index is 0.281. The minimum atomic E-state index is 0.281. The van der Waals surface area contributed by atoms with Crippen LogP contribution < -0.4 is 0 Å². The molecular formula is C15H13N5O. The van der Waals surface area contributed by atoms with Crippen LogP contribution in [0.15, 0.2) is 35.0 Å². The molecule has 0 aliphatic rings. The summed E-state index contributed by atoms with van der Waals surface area (Å²) in [5, 5.41) is 19.3. The van der Waals surface area contributed by atoms with Crippen LogP contribution in [0, 0.1) is 11.3 Å². The average Bonchev–Trinajstić information content (AvgIpc) is 3.15. The van der Waals surface area contributed by atoms with Crippen molar-refractivity contribution in [3.05, 3.63) is 41.7 Å². The van der Waals surface area contributed by atoms with Gasteiger partial charge in [-0.15, -0.1) is 0 Å². The van der Waals surface area contributed by atoms with E-state index in [1.807, 2.05) is 18.2 Å². The van der Waals surface area contributed by atoms with Crippen molar-refractivity contribution in [1.82, 2.24) is 20.3 Å². The molecule has 0 radical (unpaired) electrons. The van der Waals surface area contributed by atoms with Crippen LogP contribution in [-0.4, -0.2) is 20.3 Å². The molecule has 0 saturated carbocycles. The molecule has 2 heterocycles. The van der Waals surface area contributed by atoms with Gasteiger partial charge in [0.2, 0.25) is 5.82 Å². The molecule has 0 bridgehead atoms. The highest BCUT2D eigenvalue weighted by Crippen LogP contribution is 2.24. The van der Waals surface area contributed by atoms with Crippen LogP contribution in [0.2, 0.25) is 0 Å². The summed E-state index contributed by atoms with van der Waals surface area (Å²) in [6.45, 7) is 4.29. The van der Waals surface area contributed by atoms with Gasteiger partial charge in [0, 0.05) is 5.56 Å². The smallest absolute Gasteiger partial charge is 0.262 e. The van der Waals surface area contributed by atoms with Crippen molar-refractivity contribution in [3.63, 3.8) is 0 Å². The number of nitrogens with one attached hydrogen (secondary N) is 1. The van der Waals surface area contributed by atoms with Gasteiger partial charge in [-0.25, -0.2) is 0 Å². The summed E-state index contributed by atoms with van der Waals surface area (Å²) in [4.78, 5) is 4.32. The summed E-state index contributed by atoms with van der Waals surface area (Å²) in [5.74, 6) is 1.25. The van der Waals surface area contributed by atoms with E-state index in [2.05, 4.69) is 46.3 Å². The number of nitriles is 1. The molecule has 0 unspecified atom stereocenters. The van der Waals surface area contributed by atoms with Gasteiger partial charge < -0.3 is 4.52 Å². The first-order valence-corrected chi connectivity index (χ1v) is 6.57. The molecule has 0 amide bonds. The van der Waals surface area contributed by atoms with E-state index >= 15 is 0 Å². The van der Waals surface area contributed by atoms with E-state index in [0.717, 1.165) is 5.56 Å². The number of hydrogen-bond donors (Lipinski definition) is 1. The summed E-state index contributed by atoms with van der Waals surface area (Å²) in [7, 11) is 0. The molecule has 21 heavy (non-hydrogen) atoms. The highest BCUT2D eigenvalue weighted by Gasteiger charge is 2.15. The Bertz CT molecular complexity index is 792. The van der Waals surface area contributed by atoms with Crippen molar-refractivity contribution in [2.75, 3.05) is 0 Å². The van der Waals surface area contributed by atoms with E-state index < -0.39 is 0 Å². The summed E-state index contributed by atoms with van der Waals surface area (Å²) in [5.41, 5.74) is 2.94. The molecule has 0 spiro atoms. The number of benzene rings is 1. The molecule has 0 aliphatic carbocycles. The van der Waals surface area contributed by atoms with E-state index in [4.69, 9.17) is 9.78 Å². The lowest BCUT2D eigenvalue weighted by molar-refractivity contribution is 0.432. The van der Waals surface area contributed by atoms with Crippen LogP contribution in [-0.2, 0) is 0 Å². The number of aromatic nitrogens is 4. The lowest BCUT2D eigenvalue weighted by Gasteiger charge is -2.04. The third-order valence-corrected chi connectivity index (χ3v) is 3.24. The lowest BCUT2D eigenvalue weighted by Crippen LogP contribution is -1.87. The highest BCUT2D eigenvalue weighted by atomic mass is 16.5. The number of aromatic amines is 1. The number of rotatable bonds is 3. The first-order chi connectivity index (χ1) is 10.2. The zero-order valence-corrected chi connectivity index (χ0v) is 11.7. The number of hydrogen-bond acceptors (Lipinski definition) is 5. The van der Waals surface area contributed by atoms with Crippen LogP contribution >= 0.6 is 0 Å². The maximum atomic E-state index is 8.96. The third kappa shape index (κ3) is 2.41. The van der Waals surface area contributed by atoms with Crippen LogP contribution in [0.1, 0.15) is 31.0 Å². The first-order valence-electron chi connectivity index (χ1n) is 6.57. The second-order valence-corrected chi connectivity index (χ2v) is 4.97. The Balaban J connectivity index is 1.93. The number of H-pyrrole nitrogens is 1. The van der Waals surface area contributed by atoms with E-state index in [1.165, 1.54) is 11.8 Å². The van der Waals surface area contributed by atoms with Gasteiger partial charge in [0.25, 0.3) is 5.89 Å². The fourth-order valence-corrected chi connectivity index (χ4v) is 2.00. The predicted octanol–water partition coefficient (Wildman–Crippen LogP) is 3.12. The zero-order valence-electron chi connectivity index (χ0n) is 11.7. The molecule has 0 saturated heterocycles. The fourth-order valence-electron chi connectivity index (χ4n) is 2.00. The third-order valence-electron chi connectivity index (χ3n) is 3.24. The van der Waals surface area contributed by atoms with Crippen LogP contribution in [0.3, 0.4) is 0 Å². The lowest BCUT2D eigenvalue weighted by atomic mass is 10.0. The molecule has 2 aromatic heterocycles. The maximum Gasteiger partial charge on any atom is 0.262 e. The Kier molecular flexibility index (Phi) is 3.24. The predicted molar refractivity (Wildman–Crippen MR) is 76.1 cm³/mol. The minimum Gasteiger partial charge on any atom is -0.333 e. The molecular weight excluding hydrogens is 266 g/mol. The Morgan fingerprint density at radius 2 is 2.00 bits per heavy atom. The molecule has 0 aliphatic heterocycles. The van der Waals surface area contributed by atoms with Crippen molar-refractivity contribution >= 4 is 0 Å². The van der Waals surface area contributed by atoms with Gasteiger partial charge in [-0.2, -0.15) is 15.3 Å². The SMILES string of the molecule is CC(C)c1ccc(-c2noc(-c3cn[nH]c3C#N)n2)cc1. The molecule has 1 N–H and O–H groups in total. The molecule has 0 fully saturated rings. The van der Waals surface area contributed by atoms with Gasteiger partial charge in [0.15, 0.2) is 0 Å². The second-order valence-electron chi connectivity index (χ2n) is 4.97. The molecule has 0 atom stereocenters. The average molecular weight is 279 g/mol. The summed E-state index contributed by atoms with van der Waals surface area (Å²) < 4.78 is 5.21. The molecule has 6 heteroatoms. The van der Waals surface area contributed by atoms with E-state index in [-0.39, 0.29) is 5.89 Å². The van der Waals surface area contributed by atoms with Crippen molar-refractivity contribution < 1.29 is 4.52 Å². The molecule has 104 valence electrons. The van der Waals surface area contributed by atoms with Crippen molar-refractivity contribution in [1.29, 1.82) is 5.26 Å². The quantitative estimate of drug-likeness (QED) is 0.795. The van der Waals surface area contributed by atoms with E-state index in [1.54, 1.807) is 0 Å². The van der Waals surface area contributed by atoms with Gasteiger partial charge in [-0.3, -0.25) is 5.10 Å². The molecule has 6 nitrogen and oxygen atoms in total. The fraction of sp³-hybridized carbons (Fsp3) is 0.200. The normalized spacial score (nSPS) is 10.8. The standard InChI is InChI=1S/C15H13N5O/c1-9(2)10-3-5-11(6-4-10)14-18-15(21-20-14)12-8-17-19-13(12)7-16/h3-6,8-9H,1-2H3,(H,17,19). The van der Waals surface area contributed by atoms with Gasteiger partial charge in [0.05, 0.1) is 11.8 Å². The van der Waals surface area contributed by atoms with Crippen molar-refractivity contribution in [2.24, 2.45) is 0 Å². The zero-order chi connectivity index (χ0) is 14.8. The summed E-state index contributed by atoms with van der Waals surface area (Å²) >= 11 is 0. The monoisotopic (exact) mass is 279 g/mol. The molecule has 3 rings (SSSR count). The van der Waals surface area contributed by atoms with Gasteiger partial charge in [-0.05, 0) is 11.5 Å². The number of nitrogens with zero attached hydrogens (tertiary/aromatic N) is 4. The van der Waals surface area contributed by atoms with Gasteiger partial charge >= 0.3 is 0 Å². The molecule has 3 aromatic rings. The van der Waals surface area contributed by atoms with E-state index in [9.17, 15) is 0 Å². The first kappa shape index (κ1) is 13.1. The largest absolute Gasteiger partial charge is 0.333 e. The van der Waals surface area contributed by atoms with Crippen LogP contribution in [0.25, 0.3) is 22.8 Å². The van der Waals surface area contributed by atoms with Crippen molar-refractivity contribution in [2.45, 2.75) is 19.8 Å². The Labute approximate surface area is 121 Å². The Morgan fingerprint density at radius 3 is 2.67 bits per heavy atom. The Morgan fingerprint density at radius 1 is 1.24 bits per heavy atom. The maximum absolute atomic E-state index is 8.96. The Hall–Kier alpha value is -2.94.